The van der Waals surface area contributed by atoms with Crippen LogP contribution in [0.2, 0.25) is 5.02 Å². The van der Waals surface area contributed by atoms with Gasteiger partial charge in [0.2, 0.25) is 0 Å². The molecule has 1 N–H and O–H groups in total. The maximum atomic E-state index is 13.3. The molecular formula is C16H16BrClFNO. The Morgan fingerprint density at radius 3 is 2.76 bits per heavy atom. The van der Waals surface area contributed by atoms with Gasteiger partial charge in [0.1, 0.15) is 18.2 Å². The molecule has 2 aromatic carbocycles. The molecule has 0 saturated carbocycles. The molecule has 21 heavy (non-hydrogen) atoms. The van der Waals surface area contributed by atoms with Crippen LogP contribution in [0.5, 0.6) is 5.75 Å². The fraction of sp³-hybridized carbons (Fsp3) is 0.250. The molecule has 2 aromatic rings. The Labute approximate surface area is 137 Å². The summed E-state index contributed by atoms with van der Waals surface area (Å²) in [6, 6.07) is 10.3. The molecule has 112 valence electrons. The van der Waals surface area contributed by atoms with E-state index < -0.39 is 0 Å². The highest BCUT2D eigenvalue weighted by molar-refractivity contribution is 9.10. The van der Waals surface area contributed by atoms with E-state index in [0.29, 0.717) is 10.6 Å². The topological polar surface area (TPSA) is 21.3 Å². The Bertz CT molecular complexity index is 636. The van der Waals surface area contributed by atoms with Crippen LogP contribution in [0.4, 0.5) is 4.39 Å². The molecule has 1 unspecified atom stereocenters. The van der Waals surface area contributed by atoms with Gasteiger partial charge in [0.15, 0.2) is 0 Å². The van der Waals surface area contributed by atoms with E-state index in [-0.39, 0.29) is 18.5 Å². The Kier molecular flexibility index (Phi) is 5.62. The molecule has 2 nitrogen and oxygen atoms in total. The Morgan fingerprint density at radius 1 is 1.29 bits per heavy atom. The number of hydrogen-bond acceptors (Lipinski definition) is 2. The highest BCUT2D eigenvalue weighted by atomic mass is 79.9. The van der Waals surface area contributed by atoms with Crippen LogP contribution in [-0.4, -0.2) is 7.05 Å². The molecule has 0 amide bonds. The van der Waals surface area contributed by atoms with Crippen LogP contribution in [0.3, 0.4) is 0 Å². The molecule has 0 radical (unpaired) electrons. The third kappa shape index (κ3) is 4.19. The Hall–Kier alpha value is -1.10. The van der Waals surface area contributed by atoms with Crippen molar-refractivity contribution in [2.75, 3.05) is 7.05 Å². The van der Waals surface area contributed by atoms with Crippen molar-refractivity contribution in [3.63, 3.8) is 0 Å². The third-order valence-electron chi connectivity index (χ3n) is 3.27. The summed E-state index contributed by atoms with van der Waals surface area (Å²) in [5.41, 5.74) is 1.66. The summed E-state index contributed by atoms with van der Waals surface area (Å²) in [7, 11) is 1.89. The maximum absolute atomic E-state index is 13.3. The fourth-order valence-corrected chi connectivity index (χ4v) is 2.47. The van der Waals surface area contributed by atoms with Crippen molar-refractivity contribution in [3.05, 3.63) is 62.8 Å². The largest absolute Gasteiger partial charge is 0.488 e. The van der Waals surface area contributed by atoms with Crippen LogP contribution in [0, 0.1) is 5.82 Å². The molecule has 0 heterocycles. The minimum absolute atomic E-state index is 0.149. The first-order chi connectivity index (χ1) is 10.0. The van der Waals surface area contributed by atoms with Crippen LogP contribution in [0.25, 0.3) is 0 Å². The summed E-state index contributed by atoms with van der Waals surface area (Å²) < 4.78 is 20.0. The Balaban J connectivity index is 2.23. The lowest BCUT2D eigenvalue weighted by Crippen LogP contribution is -2.13. The molecule has 0 aliphatic rings. The highest BCUT2D eigenvalue weighted by Gasteiger charge is 2.12. The van der Waals surface area contributed by atoms with Gasteiger partial charge in [-0.3, -0.25) is 0 Å². The van der Waals surface area contributed by atoms with E-state index in [2.05, 4.69) is 21.2 Å². The number of nitrogens with one attached hydrogen (secondary N) is 1. The van der Waals surface area contributed by atoms with Gasteiger partial charge in [-0.15, -0.1) is 0 Å². The van der Waals surface area contributed by atoms with Crippen LogP contribution in [-0.2, 0) is 6.61 Å². The van der Waals surface area contributed by atoms with Crippen molar-refractivity contribution in [1.82, 2.24) is 5.32 Å². The van der Waals surface area contributed by atoms with Crippen LogP contribution < -0.4 is 10.1 Å². The fourth-order valence-electron chi connectivity index (χ4n) is 1.96. The van der Waals surface area contributed by atoms with Gasteiger partial charge >= 0.3 is 0 Å². The van der Waals surface area contributed by atoms with Gasteiger partial charge in [0, 0.05) is 26.7 Å². The molecule has 0 aromatic heterocycles. The lowest BCUT2D eigenvalue weighted by atomic mass is 10.1. The zero-order chi connectivity index (χ0) is 15.4. The molecule has 2 rings (SSSR count). The second-order valence-electron chi connectivity index (χ2n) is 4.72. The lowest BCUT2D eigenvalue weighted by Gasteiger charge is -2.17. The quantitative estimate of drug-likeness (QED) is 0.788. The van der Waals surface area contributed by atoms with Crippen molar-refractivity contribution in [3.8, 4) is 5.75 Å². The molecular weight excluding hydrogens is 357 g/mol. The summed E-state index contributed by atoms with van der Waals surface area (Å²) in [4.78, 5) is 0. The monoisotopic (exact) mass is 371 g/mol. The number of ether oxygens (including phenoxy) is 1. The van der Waals surface area contributed by atoms with E-state index in [0.717, 1.165) is 15.8 Å². The number of halogens is 3. The molecule has 0 aliphatic heterocycles. The van der Waals surface area contributed by atoms with Gasteiger partial charge in [-0.1, -0.05) is 33.6 Å². The van der Waals surface area contributed by atoms with E-state index in [9.17, 15) is 4.39 Å². The van der Waals surface area contributed by atoms with Gasteiger partial charge in [0.05, 0.1) is 0 Å². The van der Waals surface area contributed by atoms with Crippen molar-refractivity contribution >= 4 is 27.5 Å². The maximum Gasteiger partial charge on any atom is 0.125 e. The predicted molar refractivity (Wildman–Crippen MR) is 87.4 cm³/mol. The standard InChI is InChI=1S/C16H16BrClFNO/c1-10(20-2)14-5-3-12(17)8-16(14)21-9-11-7-13(19)4-6-15(11)18/h3-8,10,20H,9H2,1-2H3. The first-order valence-electron chi connectivity index (χ1n) is 6.54. The highest BCUT2D eigenvalue weighted by Crippen LogP contribution is 2.30. The van der Waals surface area contributed by atoms with E-state index in [1.165, 1.54) is 18.2 Å². The summed E-state index contributed by atoms with van der Waals surface area (Å²) in [5, 5.41) is 3.67. The van der Waals surface area contributed by atoms with E-state index >= 15 is 0 Å². The molecule has 5 heteroatoms. The van der Waals surface area contributed by atoms with Gasteiger partial charge < -0.3 is 10.1 Å². The van der Waals surface area contributed by atoms with Crippen LogP contribution in [0.15, 0.2) is 40.9 Å². The normalized spacial score (nSPS) is 12.2. The third-order valence-corrected chi connectivity index (χ3v) is 4.13. The Morgan fingerprint density at radius 2 is 2.05 bits per heavy atom. The summed E-state index contributed by atoms with van der Waals surface area (Å²) in [6.45, 7) is 2.27. The van der Waals surface area contributed by atoms with Crippen molar-refractivity contribution in [2.45, 2.75) is 19.6 Å². The molecule has 0 bridgehead atoms. The zero-order valence-electron chi connectivity index (χ0n) is 11.8. The number of rotatable bonds is 5. The zero-order valence-corrected chi connectivity index (χ0v) is 14.1. The first kappa shape index (κ1) is 16.3. The first-order valence-corrected chi connectivity index (χ1v) is 7.72. The van der Waals surface area contributed by atoms with Crippen molar-refractivity contribution in [2.24, 2.45) is 0 Å². The smallest absolute Gasteiger partial charge is 0.125 e. The number of hydrogen-bond donors (Lipinski definition) is 1. The minimum Gasteiger partial charge on any atom is -0.488 e. The molecule has 0 aliphatic carbocycles. The van der Waals surface area contributed by atoms with E-state index in [4.69, 9.17) is 16.3 Å². The second kappa shape index (κ2) is 7.25. The van der Waals surface area contributed by atoms with Gasteiger partial charge in [-0.2, -0.15) is 0 Å². The van der Waals surface area contributed by atoms with Gasteiger partial charge in [-0.25, -0.2) is 4.39 Å². The average Bonchev–Trinajstić information content (AvgIpc) is 2.47. The average molecular weight is 373 g/mol. The molecule has 0 fully saturated rings. The van der Waals surface area contributed by atoms with Crippen molar-refractivity contribution in [1.29, 1.82) is 0 Å². The second-order valence-corrected chi connectivity index (χ2v) is 6.04. The lowest BCUT2D eigenvalue weighted by molar-refractivity contribution is 0.299. The van der Waals surface area contributed by atoms with Gasteiger partial charge in [-0.05, 0) is 44.3 Å². The van der Waals surface area contributed by atoms with E-state index in [1.54, 1.807) is 0 Å². The summed E-state index contributed by atoms with van der Waals surface area (Å²) in [6.07, 6.45) is 0. The van der Waals surface area contributed by atoms with Gasteiger partial charge in [0.25, 0.3) is 0 Å². The minimum atomic E-state index is -0.323. The number of benzene rings is 2. The predicted octanol–water partition coefficient (Wildman–Crippen LogP) is 5.10. The molecule has 0 saturated heterocycles. The van der Waals surface area contributed by atoms with Crippen molar-refractivity contribution < 1.29 is 9.13 Å². The SMILES string of the molecule is CNC(C)c1ccc(Br)cc1OCc1cc(F)ccc1Cl. The molecule has 1 atom stereocenters. The van der Waals surface area contributed by atoms with Crippen LogP contribution in [0.1, 0.15) is 24.1 Å². The summed E-state index contributed by atoms with van der Waals surface area (Å²) >= 11 is 9.49. The van der Waals surface area contributed by atoms with Crippen LogP contribution >= 0.6 is 27.5 Å². The molecule has 0 spiro atoms. The van der Waals surface area contributed by atoms with E-state index in [1.807, 2.05) is 32.2 Å². The summed E-state index contributed by atoms with van der Waals surface area (Å²) in [5.74, 6) is 0.419.